The molecule has 1 unspecified atom stereocenters. The summed E-state index contributed by atoms with van der Waals surface area (Å²) in [5.74, 6) is -0.479. The first kappa shape index (κ1) is 16.2. The van der Waals surface area contributed by atoms with Crippen LogP contribution in [0.5, 0.6) is 0 Å². The Morgan fingerprint density at radius 1 is 1.38 bits per heavy atom. The number of halogens is 1. The molecule has 21 heavy (non-hydrogen) atoms. The van der Waals surface area contributed by atoms with Crippen molar-refractivity contribution in [2.45, 2.75) is 30.7 Å². The van der Waals surface area contributed by atoms with Gasteiger partial charge in [-0.25, -0.2) is 4.79 Å². The molecule has 0 bridgehead atoms. The molecule has 0 heterocycles. The average molecular weight is 328 g/mol. The van der Waals surface area contributed by atoms with Crippen LogP contribution in [0.1, 0.15) is 24.8 Å². The molecule has 1 atom stereocenters. The third-order valence-electron chi connectivity index (χ3n) is 3.80. The number of nitrogens with one attached hydrogen (secondary N) is 1. The lowest BCUT2D eigenvalue weighted by Gasteiger charge is -2.20. The van der Waals surface area contributed by atoms with Crippen LogP contribution in [0, 0.1) is 0 Å². The van der Waals surface area contributed by atoms with E-state index in [2.05, 4.69) is 5.32 Å². The molecule has 0 saturated heterocycles. The van der Waals surface area contributed by atoms with Gasteiger partial charge in [-0.1, -0.05) is 23.7 Å². The van der Waals surface area contributed by atoms with Gasteiger partial charge >= 0.3 is 5.97 Å². The SMILES string of the molecule is CSCCC(NC(=O)C1(c2ccc(Cl)cc2)CC1)C(=O)O. The van der Waals surface area contributed by atoms with Crippen LogP contribution < -0.4 is 5.32 Å². The summed E-state index contributed by atoms with van der Waals surface area (Å²) in [6.45, 7) is 0. The van der Waals surface area contributed by atoms with Crippen molar-refractivity contribution in [3.05, 3.63) is 34.9 Å². The third kappa shape index (κ3) is 3.71. The molecule has 1 aliphatic rings. The Morgan fingerprint density at radius 2 is 2.00 bits per heavy atom. The molecule has 6 heteroatoms. The molecule has 1 amide bonds. The number of benzene rings is 1. The quantitative estimate of drug-likeness (QED) is 0.808. The number of carboxylic acids is 1. The summed E-state index contributed by atoms with van der Waals surface area (Å²) < 4.78 is 0. The zero-order valence-corrected chi connectivity index (χ0v) is 13.3. The summed E-state index contributed by atoms with van der Waals surface area (Å²) in [5.41, 5.74) is 0.330. The van der Waals surface area contributed by atoms with Gasteiger partial charge in [-0.3, -0.25) is 4.79 Å². The van der Waals surface area contributed by atoms with Gasteiger partial charge in [-0.15, -0.1) is 0 Å². The molecule has 0 radical (unpaired) electrons. The Labute approximate surface area is 133 Å². The molecule has 1 aromatic rings. The lowest BCUT2D eigenvalue weighted by Crippen LogP contribution is -2.45. The van der Waals surface area contributed by atoms with Crippen LogP contribution in [-0.4, -0.2) is 35.0 Å². The van der Waals surface area contributed by atoms with Gasteiger partial charge in [0.2, 0.25) is 5.91 Å². The van der Waals surface area contributed by atoms with Gasteiger partial charge in [0.15, 0.2) is 0 Å². The molecule has 114 valence electrons. The zero-order valence-electron chi connectivity index (χ0n) is 11.8. The minimum absolute atomic E-state index is 0.196. The van der Waals surface area contributed by atoms with Gasteiger partial charge < -0.3 is 10.4 Å². The maximum absolute atomic E-state index is 12.5. The van der Waals surface area contributed by atoms with E-state index in [1.54, 1.807) is 23.9 Å². The summed E-state index contributed by atoms with van der Waals surface area (Å²) in [4.78, 5) is 23.7. The molecule has 2 N–H and O–H groups in total. The number of amides is 1. The van der Waals surface area contributed by atoms with Crippen molar-refractivity contribution >= 4 is 35.2 Å². The minimum Gasteiger partial charge on any atom is -0.480 e. The lowest BCUT2D eigenvalue weighted by molar-refractivity contribution is -0.142. The van der Waals surface area contributed by atoms with E-state index in [1.807, 2.05) is 18.4 Å². The van der Waals surface area contributed by atoms with E-state index in [0.29, 0.717) is 17.2 Å². The molecule has 1 aromatic carbocycles. The predicted molar refractivity (Wildman–Crippen MR) is 84.9 cm³/mol. The van der Waals surface area contributed by atoms with E-state index in [0.717, 1.165) is 18.4 Å². The van der Waals surface area contributed by atoms with Crippen LogP contribution in [0.25, 0.3) is 0 Å². The number of carbonyl (C=O) groups excluding carboxylic acids is 1. The molecule has 4 nitrogen and oxygen atoms in total. The maximum atomic E-state index is 12.5. The van der Waals surface area contributed by atoms with Gasteiger partial charge in [0.25, 0.3) is 0 Å². The van der Waals surface area contributed by atoms with Crippen molar-refractivity contribution in [2.75, 3.05) is 12.0 Å². The summed E-state index contributed by atoms with van der Waals surface area (Å²) in [6.07, 6.45) is 3.83. The Bertz CT molecular complexity index is 528. The highest BCUT2D eigenvalue weighted by atomic mass is 35.5. The van der Waals surface area contributed by atoms with E-state index < -0.39 is 17.4 Å². The van der Waals surface area contributed by atoms with Gasteiger partial charge in [-0.05, 0) is 49.0 Å². The van der Waals surface area contributed by atoms with Crippen LogP contribution in [-0.2, 0) is 15.0 Å². The lowest BCUT2D eigenvalue weighted by atomic mass is 9.94. The Balaban J connectivity index is 2.08. The first-order valence-electron chi connectivity index (χ1n) is 6.78. The Hall–Kier alpha value is -1.20. The molecule has 0 aromatic heterocycles. The highest BCUT2D eigenvalue weighted by Gasteiger charge is 2.51. The van der Waals surface area contributed by atoms with Crippen molar-refractivity contribution in [2.24, 2.45) is 0 Å². The second kappa shape index (κ2) is 6.71. The van der Waals surface area contributed by atoms with Gasteiger partial charge in [0.1, 0.15) is 6.04 Å². The number of carboxylic acid groups (broad SMARTS) is 1. The van der Waals surface area contributed by atoms with Crippen molar-refractivity contribution < 1.29 is 14.7 Å². The fourth-order valence-corrected chi connectivity index (χ4v) is 2.93. The number of aliphatic carboxylic acids is 1. The molecule has 0 aliphatic heterocycles. The van der Waals surface area contributed by atoms with Gasteiger partial charge in [0, 0.05) is 5.02 Å². The van der Waals surface area contributed by atoms with Gasteiger partial charge in [0.05, 0.1) is 5.41 Å². The van der Waals surface area contributed by atoms with E-state index in [4.69, 9.17) is 11.6 Å². The smallest absolute Gasteiger partial charge is 0.326 e. The fraction of sp³-hybridized carbons (Fsp3) is 0.467. The first-order chi connectivity index (χ1) is 9.99. The van der Waals surface area contributed by atoms with Gasteiger partial charge in [-0.2, -0.15) is 11.8 Å². The normalized spacial score (nSPS) is 17.0. The monoisotopic (exact) mass is 327 g/mol. The van der Waals surface area contributed by atoms with Crippen molar-refractivity contribution in [1.82, 2.24) is 5.32 Å². The summed E-state index contributed by atoms with van der Waals surface area (Å²) in [7, 11) is 0. The van der Waals surface area contributed by atoms with Crippen molar-refractivity contribution in [1.29, 1.82) is 0 Å². The van der Waals surface area contributed by atoms with Crippen LogP contribution >= 0.6 is 23.4 Å². The zero-order chi connectivity index (χ0) is 15.5. The highest BCUT2D eigenvalue weighted by Crippen LogP contribution is 2.48. The molecule has 1 aliphatic carbocycles. The number of thioether (sulfide) groups is 1. The molecule has 1 saturated carbocycles. The topological polar surface area (TPSA) is 66.4 Å². The molecule has 1 fully saturated rings. The van der Waals surface area contributed by atoms with E-state index in [1.165, 1.54) is 0 Å². The van der Waals surface area contributed by atoms with Crippen molar-refractivity contribution in [3.63, 3.8) is 0 Å². The molecule has 0 spiro atoms. The number of hydrogen-bond acceptors (Lipinski definition) is 3. The van der Waals surface area contributed by atoms with Crippen LogP contribution in [0.2, 0.25) is 5.02 Å². The summed E-state index contributed by atoms with van der Waals surface area (Å²) in [6, 6.07) is 6.37. The number of carbonyl (C=O) groups is 2. The second-order valence-electron chi connectivity index (χ2n) is 5.23. The fourth-order valence-electron chi connectivity index (χ4n) is 2.33. The second-order valence-corrected chi connectivity index (χ2v) is 6.66. The van der Waals surface area contributed by atoms with E-state index in [9.17, 15) is 14.7 Å². The minimum atomic E-state index is -0.982. The maximum Gasteiger partial charge on any atom is 0.326 e. The highest BCUT2D eigenvalue weighted by molar-refractivity contribution is 7.98. The Morgan fingerprint density at radius 3 is 2.48 bits per heavy atom. The molecule has 2 rings (SSSR count). The number of rotatable bonds is 7. The first-order valence-corrected chi connectivity index (χ1v) is 8.55. The standard InChI is InChI=1S/C15H18ClNO3S/c1-21-9-6-12(13(18)19)17-14(20)15(7-8-15)10-2-4-11(16)5-3-10/h2-5,12H,6-9H2,1H3,(H,17,20)(H,18,19). The van der Waals surface area contributed by atoms with E-state index >= 15 is 0 Å². The summed E-state index contributed by atoms with van der Waals surface area (Å²) >= 11 is 7.43. The number of hydrogen-bond donors (Lipinski definition) is 2. The van der Waals surface area contributed by atoms with E-state index in [-0.39, 0.29) is 5.91 Å². The third-order valence-corrected chi connectivity index (χ3v) is 4.69. The van der Waals surface area contributed by atoms with Crippen LogP contribution in [0.15, 0.2) is 24.3 Å². The van der Waals surface area contributed by atoms with Crippen LogP contribution in [0.4, 0.5) is 0 Å². The average Bonchev–Trinajstić information content (AvgIpc) is 3.25. The van der Waals surface area contributed by atoms with Crippen molar-refractivity contribution in [3.8, 4) is 0 Å². The molecular formula is C15H18ClNO3S. The largest absolute Gasteiger partial charge is 0.480 e. The van der Waals surface area contributed by atoms with Crippen LogP contribution in [0.3, 0.4) is 0 Å². The Kier molecular flexibility index (Phi) is 5.17. The summed E-state index contributed by atoms with van der Waals surface area (Å²) in [5, 5.41) is 12.5. The predicted octanol–water partition coefficient (Wildman–Crippen LogP) is 2.69. The molecular weight excluding hydrogens is 310 g/mol.